The lowest BCUT2D eigenvalue weighted by Crippen LogP contribution is -2.48. The minimum absolute atomic E-state index is 0.627. The topological polar surface area (TPSA) is 9.23 Å². The van der Waals surface area contributed by atoms with Crippen LogP contribution in [0.15, 0.2) is 12.3 Å². The van der Waals surface area contributed by atoms with Crippen molar-refractivity contribution in [3.05, 3.63) is 12.3 Å². The summed E-state index contributed by atoms with van der Waals surface area (Å²) in [6, 6.07) is 0. The average molecular weight is 301 g/mol. The van der Waals surface area contributed by atoms with Crippen molar-refractivity contribution in [2.45, 2.75) is 75.3 Å². The standard InChI is InChI=1S/C16H29ClOSi/c1-2-19(18-14-13-17,15-9-5-3-6-10-15)16-11-7-4-8-12-16/h2,15-16H,1,3-14H2. The van der Waals surface area contributed by atoms with Gasteiger partial charge in [0.15, 0.2) is 0 Å². The molecule has 0 bridgehead atoms. The predicted molar refractivity (Wildman–Crippen MR) is 86.3 cm³/mol. The van der Waals surface area contributed by atoms with Crippen LogP contribution in [-0.2, 0) is 4.43 Å². The highest BCUT2D eigenvalue weighted by Gasteiger charge is 2.47. The Morgan fingerprint density at radius 2 is 1.42 bits per heavy atom. The Morgan fingerprint density at radius 1 is 0.947 bits per heavy atom. The molecule has 0 aromatic heterocycles. The number of hydrogen-bond donors (Lipinski definition) is 0. The van der Waals surface area contributed by atoms with Gasteiger partial charge < -0.3 is 4.43 Å². The smallest absolute Gasteiger partial charge is 0.222 e. The summed E-state index contributed by atoms with van der Waals surface area (Å²) >= 11 is 5.91. The van der Waals surface area contributed by atoms with E-state index in [0.717, 1.165) is 17.7 Å². The Kier molecular flexibility index (Phi) is 6.44. The molecule has 2 aliphatic rings. The largest absolute Gasteiger partial charge is 0.411 e. The van der Waals surface area contributed by atoms with E-state index in [9.17, 15) is 0 Å². The van der Waals surface area contributed by atoms with E-state index in [0.29, 0.717) is 5.88 Å². The molecule has 0 unspecified atom stereocenters. The zero-order chi connectivity index (χ0) is 13.6. The third-order valence-electron chi connectivity index (χ3n) is 5.23. The lowest BCUT2D eigenvalue weighted by atomic mass is 9.99. The predicted octanol–water partition coefficient (Wildman–Crippen LogP) is 5.58. The zero-order valence-electron chi connectivity index (χ0n) is 12.2. The van der Waals surface area contributed by atoms with Gasteiger partial charge in [0.25, 0.3) is 0 Å². The second kappa shape index (κ2) is 7.85. The molecule has 0 aliphatic heterocycles. The molecule has 0 heterocycles. The van der Waals surface area contributed by atoms with Crippen LogP contribution in [0.25, 0.3) is 0 Å². The first kappa shape index (κ1) is 15.6. The van der Waals surface area contributed by atoms with E-state index in [1.165, 1.54) is 64.2 Å². The molecular weight excluding hydrogens is 272 g/mol. The first-order chi connectivity index (χ1) is 9.33. The summed E-state index contributed by atoms with van der Waals surface area (Å²) in [4.78, 5) is 0. The van der Waals surface area contributed by atoms with Crippen LogP contribution in [0.4, 0.5) is 0 Å². The van der Waals surface area contributed by atoms with Crippen LogP contribution < -0.4 is 0 Å². The van der Waals surface area contributed by atoms with Crippen LogP contribution in [0, 0.1) is 0 Å². The fraction of sp³-hybridized carbons (Fsp3) is 0.875. The van der Waals surface area contributed by atoms with Gasteiger partial charge in [0, 0.05) is 12.5 Å². The van der Waals surface area contributed by atoms with Crippen LogP contribution in [0.2, 0.25) is 11.1 Å². The van der Waals surface area contributed by atoms with Gasteiger partial charge in [0.1, 0.15) is 0 Å². The molecule has 0 saturated heterocycles. The number of hydrogen-bond acceptors (Lipinski definition) is 1. The van der Waals surface area contributed by atoms with Crippen molar-refractivity contribution in [2.75, 3.05) is 12.5 Å². The minimum atomic E-state index is -1.81. The Balaban J connectivity index is 2.14. The summed E-state index contributed by atoms with van der Waals surface area (Å²) in [5.41, 5.74) is 3.90. The van der Waals surface area contributed by atoms with Crippen molar-refractivity contribution in [2.24, 2.45) is 0 Å². The van der Waals surface area contributed by atoms with Crippen molar-refractivity contribution < 1.29 is 4.43 Å². The Bertz CT molecular complexity index is 252. The molecule has 0 amide bonds. The quantitative estimate of drug-likeness (QED) is 0.459. The molecule has 1 nitrogen and oxygen atoms in total. The van der Waals surface area contributed by atoms with Gasteiger partial charge in [-0.1, -0.05) is 69.9 Å². The molecule has 0 aromatic carbocycles. The first-order valence-corrected chi connectivity index (χ1v) is 10.8. The van der Waals surface area contributed by atoms with E-state index in [2.05, 4.69) is 12.3 Å². The van der Waals surface area contributed by atoms with Crippen LogP contribution >= 0.6 is 11.6 Å². The Morgan fingerprint density at radius 3 is 1.79 bits per heavy atom. The second-order valence-electron chi connectivity index (χ2n) is 6.26. The van der Waals surface area contributed by atoms with Crippen LogP contribution in [0.5, 0.6) is 0 Å². The van der Waals surface area contributed by atoms with Crippen LogP contribution in [-0.4, -0.2) is 20.8 Å². The van der Waals surface area contributed by atoms with Crippen molar-refractivity contribution in [3.63, 3.8) is 0 Å². The highest BCUT2D eigenvalue weighted by Crippen LogP contribution is 2.49. The molecule has 2 rings (SSSR count). The van der Waals surface area contributed by atoms with Gasteiger partial charge in [0.05, 0.1) is 0 Å². The maximum absolute atomic E-state index is 6.50. The third kappa shape index (κ3) is 3.65. The highest BCUT2D eigenvalue weighted by molar-refractivity contribution is 6.81. The van der Waals surface area contributed by atoms with Gasteiger partial charge in [-0.25, -0.2) is 0 Å². The normalized spacial score (nSPS) is 23.4. The fourth-order valence-electron chi connectivity index (χ4n) is 4.28. The highest BCUT2D eigenvalue weighted by atomic mass is 35.5. The Hall–Kier alpha value is 0.207. The summed E-state index contributed by atoms with van der Waals surface area (Å²) < 4.78 is 6.50. The molecule has 0 spiro atoms. The third-order valence-corrected chi connectivity index (χ3v) is 10.4. The van der Waals surface area contributed by atoms with Gasteiger partial charge in [-0.05, 0) is 11.1 Å². The van der Waals surface area contributed by atoms with Gasteiger partial charge in [-0.2, -0.15) is 0 Å². The number of alkyl halides is 1. The van der Waals surface area contributed by atoms with E-state index in [1.54, 1.807) is 0 Å². The maximum Gasteiger partial charge on any atom is 0.222 e. The molecule has 110 valence electrons. The summed E-state index contributed by atoms with van der Waals surface area (Å²) in [6.45, 7) is 4.96. The number of rotatable bonds is 6. The van der Waals surface area contributed by atoms with Gasteiger partial charge in [-0.3, -0.25) is 0 Å². The maximum atomic E-state index is 6.50. The molecule has 0 atom stereocenters. The lowest BCUT2D eigenvalue weighted by Gasteiger charge is -2.44. The SMILES string of the molecule is C=C[Si](OCCCl)(C1CCCCC1)C1CCCCC1. The fourth-order valence-corrected chi connectivity index (χ4v) is 9.49. The van der Waals surface area contributed by atoms with E-state index < -0.39 is 8.32 Å². The first-order valence-electron chi connectivity index (χ1n) is 8.17. The lowest BCUT2D eigenvalue weighted by molar-refractivity contribution is 0.284. The van der Waals surface area contributed by atoms with E-state index in [1.807, 2.05) is 0 Å². The van der Waals surface area contributed by atoms with E-state index >= 15 is 0 Å². The van der Waals surface area contributed by atoms with E-state index in [4.69, 9.17) is 16.0 Å². The molecular formula is C16H29ClOSi. The minimum Gasteiger partial charge on any atom is -0.411 e. The van der Waals surface area contributed by atoms with Crippen molar-refractivity contribution in [1.82, 2.24) is 0 Å². The van der Waals surface area contributed by atoms with Gasteiger partial charge in [-0.15, -0.1) is 18.2 Å². The summed E-state index contributed by atoms with van der Waals surface area (Å²) in [5.74, 6) is 0.627. The molecule has 0 N–H and O–H groups in total. The Labute approximate surface area is 124 Å². The van der Waals surface area contributed by atoms with Crippen molar-refractivity contribution in [1.29, 1.82) is 0 Å². The van der Waals surface area contributed by atoms with Gasteiger partial charge in [0.2, 0.25) is 8.32 Å². The molecule has 0 radical (unpaired) electrons. The number of halogens is 1. The summed E-state index contributed by atoms with van der Waals surface area (Å²) in [6.07, 6.45) is 13.9. The van der Waals surface area contributed by atoms with Crippen LogP contribution in [0.1, 0.15) is 64.2 Å². The van der Waals surface area contributed by atoms with E-state index in [-0.39, 0.29) is 0 Å². The molecule has 19 heavy (non-hydrogen) atoms. The molecule has 2 aliphatic carbocycles. The van der Waals surface area contributed by atoms with Crippen LogP contribution in [0.3, 0.4) is 0 Å². The van der Waals surface area contributed by atoms with Crippen molar-refractivity contribution in [3.8, 4) is 0 Å². The molecule has 2 fully saturated rings. The monoisotopic (exact) mass is 300 g/mol. The summed E-state index contributed by atoms with van der Waals surface area (Å²) in [7, 11) is -1.81. The molecule has 2 saturated carbocycles. The zero-order valence-corrected chi connectivity index (χ0v) is 14.0. The van der Waals surface area contributed by atoms with Gasteiger partial charge >= 0.3 is 0 Å². The average Bonchev–Trinajstić information content (AvgIpc) is 2.51. The molecule has 0 aromatic rings. The molecule has 3 heteroatoms. The van der Waals surface area contributed by atoms with Crippen molar-refractivity contribution >= 4 is 19.9 Å². The second-order valence-corrected chi connectivity index (χ2v) is 10.7. The summed E-state index contributed by atoms with van der Waals surface area (Å²) in [5, 5.41) is 0.